The average molecular weight is 234 g/mol. The zero-order chi connectivity index (χ0) is 11.3. The maximum Gasteiger partial charge on any atom is 0.318 e. The fourth-order valence-corrected chi connectivity index (χ4v) is 1.27. The minimum absolute atomic E-state index is 0.194. The summed E-state index contributed by atoms with van der Waals surface area (Å²) in [5.74, 6) is 1.05. The Morgan fingerprint density at radius 3 is 2.87 bits per heavy atom. The molecule has 0 fully saturated rings. The lowest BCUT2D eigenvalue weighted by Gasteiger charge is -2.21. The molecule has 1 unspecified atom stereocenters. The predicted octanol–water partition coefficient (Wildman–Crippen LogP) is 1.32. The molecular weight excluding hydrogens is 218 g/mol. The third kappa shape index (κ3) is 3.35. The Balaban J connectivity index is 2.60. The number of methoxy groups -OCH3 is 1. The van der Waals surface area contributed by atoms with Crippen LogP contribution in [0.1, 0.15) is 12.8 Å². The standard InChI is InChI=1S/C9H16ClN3O2/c1-7(6-14-3)13(2)9-12-11-8(15-9)4-5-10/h7H,4-6H2,1-3H3. The molecule has 0 N–H and O–H groups in total. The number of ether oxygens (including phenoxy) is 1. The van der Waals surface area contributed by atoms with E-state index in [1.165, 1.54) is 0 Å². The molecule has 1 atom stereocenters. The molecule has 5 nitrogen and oxygen atoms in total. The van der Waals surface area contributed by atoms with Gasteiger partial charge in [0.05, 0.1) is 12.6 Å². The number of hydrogen-bond acceptors (Lipinski definition) is 5. The molecule has 0 aliphatic rings. The van der Waals surface area contributed by atoms with E-state index in [1.807, 2.05) is 18.9 Å². The lowest BCUT2D eigenvalue weighted by Crippen LogP contribution is -2.32. The summed E-state index contributed by atoms with van der Waals surface area (Å²) >= 11 is 5.58. The summed E-state index contributed by atoms with van der Waals surface area (Å²) in [6, 6.07) is 0.693. The highest BCUT2D eigenvalue weighted by molar-refractivity contribution is 6.17. The first-order chi connectivity index (χ1) is 7.19. The van der Waals surface area contributed by atoms with E-state index >= 15 is 0 Å². The first-order valence-electron chi connectivity index (χ1n) is 4.79. The second kappa shape index (κ2) is 5.92. The first kappa shape index (κ1) is 12.3. The van der Waals surface area contributed by atoms with E-state index < -0.39 is 0 Å². The molecule has 1 aromatic rings. The third-order valence-corrected chi connectivity index (χ3v) is 2.32. The monoisotopic (exact) mass is 233 g/mol. The highest BCUT2D eigenvalue weighted by atomic mass is 35.5. The van der Waals surface area contributed by atoms with Gasteiger partial charge in [0.25, 0.3) is 0 Å². The van der Waals surface area contributed by atoms with E-state index in [1.54, 1.807) is 7.11 Å². The Bertz CT molecular complexity index is 293. The van der Waals surface area contributed by atoms with E-state index in [4.69, 9.17) is 20.8 Å². The van der Waals surface area contributed by atoms with E-state index in [-0.39, 0.29) is 6.04 Å². The molecule has 0 aliphatic heterocycles. The largest absolute Gasteiger partial charge is 0.408 e. The highest BCUT2D eigenvalue weighted by Crippen LogP contribution is 2.13. The summed E-state index contributed by atoms with van der Waals surface area (Å²) in [4.78, 5) is 1.88. The molecule has 0 aromatic carbocycles. The number of halogens is 1. The SMILES string of the molecule is COCC(C)N(C)c1nnc(CCCl)o1. The number of likely N-dealkylation sites (N-methyl/N-ethyl adjacent to an activating group) is 1. The third-order valence-electron chi connectivity index (χ3n) is 2.14. The summed E-state index contributed by atoms with van der Waals surface area (Å²) in [6.45, 7) is 2.64. The van der Waals surface area contributed by atoms with Crippen molar-refractivity contribution in [1.29, 1.82) is 0 Å². The van der Waals surface area contributed by atoms with Crippen molar-refractivity contribution in [3.8, 4) is 0 Å². The van der Waals surface area contributed by atoms with Crippen LogP contribution >= 0.6 is 11.6 Å². The Hall–Kier alpha value is -0.810. The number of hydrogen-bond donors (Lipinski definition) is 0. The summed E-state index contributed by atoms with van der Waals surface area (Å²) < 4.78 is 10.5. The van der Waals surface area contributed by atoms with Crippen molar-refractivity contribution in [3.05, 3.63) is 5.89 Å². The first-order valence-corrected chi connectivity index (χ1v) is 5.32. The molecule has 0 saturated carbocycles. The minimum atomic E-state index is 0.194. The van der Waals surface area contributed by atoms with Gasteiger partial charge in [-0.3, -0.25) is 0 Å². The smallest absolute Gasteiger partial charge is 0.318 e. The summed E-state index contributed by atoms with van der Waals surface area (Å²) in [6.07, 6.45) is 0.598. The molecule has 15 heavy (non-hydrogen) atoms. The average Bonchev–Trinajstić information content (AvgIpc) is 2.66. The van der Waals surface area contributed by atoms with Gasteiger partial charge < -0.3 is 14.1 Å². The second-order valence-electron chi connectivity index (χ2n) is 3.33. The van der Waals surface area contributed by atoms with Crippen molar-refractivity contribution < 1.29 is 9.15 Å². The number of aromatic nitrogens is 2. The second-order valence-corrected chi connectivity index (χ2v) is 3.71. The highest BCUT2D eigenvalue weighted by Gasteiger charge is 2.15. The molecule has 6 heteroatoms. The van der Waals surface area contributed by atoms with Crippen molar-refractivity contribution in [1.82, 2.24) is 10.2 Å². The lowest BCUT2D eigenvalue weighted by molar-refractivity contribution is 0.181. The van der Waals surface area contributed by atoms with Crippen LogP contribution in [0, 0.1) is 0 Å². The van der Waals surface area contributed by atoms with Crippen molar-refractivity contribution in [2.75, 3.05) is 31.5 Å². The topological polar surface area (TPSA) is 51.4 Å². The molecule has 1 rings (SSSR count). The summed E-state index contributed by atoms with van der Waals surface area (Å²) in [5, 5.41) is 7.82. The van der Waals surface area contributed by atoms with Crippen LogP contribution in [0.15, 0.2) is 4.42 Å². The van der Waals surface area contributed by atoms with Crippen molar-refractivity contribution in [2.45, 2.75) is 19.4 Å². The molecule has 0 aliphatic carbocycles. The Morgan fingerprint density at radius 1 is 1.53 bits per heavy atom. The lowest BCUT2D eigenvalue weighted by atomic mass is 10.3. The zero-order valence-corrected chi connectivity index (χ0v) is 9.99. The van der Waals surface area contributed by atoms with Crippen LogP contribution in [-0.4, -0.2) is 42.9 Å². The van der Waals surface area contributed by atoms with Crippen LogP contribution in [0.5, 0.6) is 0 Å². The Morgan fingerprint density at radius 2 is 2.27 bits per heavy atom. The number of nitrogens with zero attached hydrogens (tertiary/aromatic N) is 3. The van der Waals surface area contributed by atoms with Crippen molar-refractivity contribution >= 4 is 17.6 Å². The molecule has 0 saturated heterocycles. The van der Waals surface area contributed by atoms with Gasteiger partial charge in [0, 0.05) is 26.5 Å². The van der Waals surface area contributed by atoms with Gasteiger partial charge in [0.2, 0.25) is 5.89 Å². The molecule has 0 bridgehead atoms. The zero-order valence-electron chi connectivity index (χ0n) is 9.23. The van der Waals surface area contributed by atoms with E-state index in [0.29, 0.717) is 30.8 Å². The Kier molecular flexibility index (Phi) is 4.84. The summed E-state index contributed by atoms with van der Waals surface area (Å²) in [5.41, 5.74) is 0. The minimum Gasteiger partial charge on any atom is -0.408 e. The van der Waals surface area contributed by atoms with Crippen LogP contribution < -0.4 is 4.90 Å². The fourth-order valence-electron chi connectivity index (χ4n) is 1.11. The Labute approximate surface area is 94.4 Å². The van der Waals surface area contributed by atoms with E-state index in [2.05, 4.69) is 10.2 Å². The van der Waals surface area contributed by atoms with Crippen molar-refractivity contribution in [2.24, 2.45) is 0 Å². The van der Waals surface area contributed by atoms with Gasteiger partial charge in [-0.05, 0) is 6.92 Å². The number of rotatable bonds is 6. The molecule has 1 aromatic heterocycles. The molecule has 1 heterocycles. The van der Waals surface area contributed by atoms with Gasteiger partial charge in [-0.15, -0.1) is 16.7 Å². The van der Waals surface area contributed by atoms with Gasteiger partial charge in [-0.1, -0.05) is 5.10 Å². The summed E-state index contributed by atoms with van der Waals surface area (Å²) in [7, 11) is 3.55. The quantitative estimate of drug-likeness (QED) is 0.694. The molecule has 0 spiro atoms. The fraction of sp³-hybridized carbons (Fsp3) is 0.778. The molecule has 0 amide bonds. The van der Waals surface area contributed by atoms with Crippen LogP contribution in [0.3, 0.4) is 0 Å². The van der Waals surface area contributed by atoms with Crippen LogP contribution in [-0.2, 0) is 11.2 Å². The van der Waals surface area contributed by atoms with Gasteiger partial charge in [-0.25, -0.2) is 0 Å². The van der Waals surface area contributed by atoms with Crippen LogP contribution in [0.2, 0.25) is 0 Å². The number of alkyl halides is 1. The van der Waals surface area contributed by atoms with Gasteiger partial charge in [-0.2, -0.15) is 0 Å². The van der Waals surface area contributed by atoms with Crippen LogP contribution in [0.4, 0.5) is 6.01 Å². The van der Waals surface area contributed by atoms with Crippen molar-refractivity contribution in [3.63, 3.8) is 0 Å². The number of aryl methyl sites for hydroxylation is 1. The van der Waals surface area contributed by atoms with E-state index in [0.717, 1.165) is 0 Å². The predicted molar refractivity (Wildman–Crippen MR) is 58.5 cm³/mol. The van der Waals surface area contributed by atoms with Gasteiger partial charge in [0.1, 0.15) is 0 Å². The normalized spacial score (nSPS) is 12.8. The maximum atomic E-state index is 5.58. The number of anilines is 1. The van der Waals surface area contributed by atoms with Gasteiger partial charge >= 0.3 is 6.01 Å². The molecule has 0 radical (unpaired) electrons. The molecular formula is C9H16ClN3O2. The molecule has 86 valence electrons. The maximum absolute atomic E-state index is 5.58. The van der Waals surface area contributed by atoms with E-state index in [9.17, 15) is 0 Å². The van der Waals surface area contributed by atoms with Crippen LogP contribution in [0.25, 0.3) is 0 Å². The van der Waals surface area contributed by atoms with Gasteiger partial charge in [0.15, 0.2) is 0 Å².